The van der Waals surface area contributed by atoms with Gasteiger partial charge >= 0.3 is 0 Å². The van der Waals surface area contributed by atoms with Crippen LogP contribution >= 0.6 is 0 Å². The van der Waals surface area contributed by atoms with Gasteiger partial charge in [0.15, 0.2) is 0 Å². The number of para-hydroxylation sites is 1. The van der Waals surface area contributed by atoms with Crippen molar-refractivity contribution in [3.63, 3.8) is 0 Å². The summed E-state index contributed by atoms with van der Waals surface area (Å²) in [5, 5.41) is 3.67. The minimum Gasteiger partial charge on any atom is -0.378 e. The van der Waals surface area contributed by atoms with E-state index in [1.165, 1.54) is 16.8 Å². The molecule has 22 heavy (non-hydrogen) atoms. The number of aryl methyl sites for hydroxylation is 1. The van der Waals surface area contributed by atoms with Crippen molar-refractivity contribution >= 4 is 5.69 Å². The van der Waals surface area contributed by atoms with Gasteiger partial charge in [-0.15, -0.1) is 0 Å². The first kappa shape index (κ1) is 14.4. The average Bonchev–Trinajstić information content (AvgIpc) is 2.61. The molecule has 1 heteroatoms. The zero-order valence-corrected chi connectivity index (χ0v) is 12.7. The Hall–Kier alpha value is -2.54. The van der Waals surface area contributed by atoms with Crippen LogP contribution < -0.4 is 5.32 Å². The predicted molar refractivity (Wildman–Crippen MR) is 94.0 cm³/mol. The molecule has 1 N–H and O–H groups in total. The van der Waals surface area contributed by atoms with E-state index in [2.05, 4.69) is 90.2 Å². The molecule has 0 aromatic heterocycles. The molecule has 0 aliphatic carbocycles. The van der Waals surface area contributed by atoms with Gasteiger partial charge in [-0.3, -0.25) is 0 Å². The first-order valence-electron chi connectivity index (χ1n) is 7.82. The van der Waals surface area contributed by atoms with Gasteiger partial charge < -0.3 is 5.32 Å². The number of rotatable bonds is 6. The number of anilines is 1. The summed E-state index contributed by atoms with van der Waals surface area (Å²) < 4.78 is 0. The van der Waals surface area contributed by atoms with Crippen molar-refractivity contribution in [1.82, 2.24) is 0 Å². The van der Waals surface area contributed by atoms with Crippen LogP contribution in [0.1, 0.15) is 23.6 Å². The lowest BCUT2D eigenvalue weighted by Crippen LogP contribution is -2.11. The zero-order chi connectivity index (χ0) is 15.0. The molecule has 1 atom stereocenters. The third-order valence-corrected chi connectivity index (χ3v) is 3.88. The molecule has 0 aliphatic rings. The van der Waals surface area contributed by atoms with Gasteiger partial charge in [-0.1, -0.05) is 78.9 Å². The van der Waals surface area contributed by atoms with Gasteiger partial charge in [0.05, 0.1) is 6.04 Å². The molecular weight excluding hydrogens is 266 g/mol. The Morgan fingerprint density at radius 1 is 0.636 bits per heavy atom. The summed E-state index contributed by atoms with van der Waals surface area (Å²) in [5.41, 5.74) is 3.89. The summed E-state index contributed by atoms with van der Waals surface area (Å²) in [7, 11) is 0. The molecule has 1 unspecified atom stereocenters. The standard InChI is InChI=1S/C21H21N/c1-4-10-18(11-5-1)16-17-21(19-12-6-2-7-13-19)22-20-14-8-3-9-15-20/h1-15,21-22H,16-17H2. The average molecular weight is 287 g/mol. The molecule has 0 radical (unpaired) electrons. The minimum absolute atomic E-state index is 0.323. The smallest absolute Gasteiger partial charge is 0.0517 e. The summed E-state index contributed by atoms with van der Waals surface area (Å²) >= 11 is 0. The molecule has 1 nitrogen and oxygen atoms in total. The van der Waals surface area contributed by atoms with Gasteiger partial charge in [-0.05, 0) is 36.1 Å². The van der Waals surface area contributed by atoms with Gasteiger partial charge in [-0.2, -0.15) is 0 Å². The number of hydrogen-bond acceptors (Lipinski definition) is 1. The molecule has 0 aliphatic heterocycles. The Morgan fingerprint density at radius 3 is 1.82 bits per heavy atom. The molecule has 0 bridgehead atoms. The Kier molecular flexibility index (Phi) is 4.88. The van der Waals surface area contributed by atoms with Crippen LogP contribution in [0.2, 0.25) is 0 Å². The largest absolute Gasteiger partial charge is 0.378 e. The number of benzene rings is 3. The van der Waals surface area contributed by atoms with Crippen molar-refractivity contribution in [3.8, 4) is 0 Å². The number of hydrogen-bond donors (Lipinski definition) is 1. The first-order valence-corrected chi connectivity index (χ1v) is 7.82. The second kappa shape index (κ2) is 7.46. The van der Waals surface area contributed by atoms with Crippen LogP contribution in [0.15, 0.2) is 91.0 Å². The molecule has 3 aromatic carbocycles. The highest BCUT2D eigenvalue weighted by molar-refractivity contribution is 5.45. The molecule has 0 fully saturated rings. The Bertz CT molecular complexity index is 662. The maximum atomic E-state index is 3.67. The van der Waals surface area contributed by atoms with Crippen molar-refractivity contribution in [2.24, 2.45) is 0 Å². The molecule has 3 aromatic rings. The topological polar surface area (TPSA) is 12.0 Å². The quantitative estimate of drug-likeness (QED) is 0.633. The summed E-state index contributed by atoms with van der Waals surface area (Å²) in [6.07, 6.45) is 2.14. The number of nitrogens with one attached hydrogen (secondary N) is 1. The molecule has 0 saturated heterocycles. The SMILES string of the molecule is c1ccc(CCC(Nc2ccccc2)c2ccccc2)cc1. The van der Waals surface area contributed by atoms with Crippen LogP contribution in [-0.4, -0.2) is 0 Å². The summed E-state index contributed by atoms with van der Waals surface area (Å²) in [6, 6.07) is 32.1. The van der Waals surface area contributed by atoms with Crippen LogP contribution in [0.25, 0.3) is 0 Å². The lowest BCUT2D eigenvalue weighted by Gasteiger charge is -2.20. The second-order valence-corrected chi connectivity index (χ2v) is 5.50. The summed E-state index contributed by atoms with van der Waals surface area (Å²) in [5.74, 6) is 0. The van der Waals surface area contributed by atoms with E-state index < -0.39 is 0 Å². The van der Waals surface area contributed by atoms with E-state index >= 15 is 0 Å². The zero-order valence-electron chi connectivity index (χ0n) is 12.7. The molecule has 0 saturated carbocycles. The van der Waals surface area contributed by atoms with Crippen LogP contribution in [0.4, 0.5) is 5.69 Å². The van der Waals surface area contributed by atoms with Gasteiger partial charge in [0.2, 0.25) is 0 Å². The normalized spacial score (nSPS) is 11.8. The highest BCUT2D eigenvalue weighted by Gasteiger charge is 2.11. The van der Waals surface area contributed by atoms with E-state index in [4.69, 9.17) is 0 Å². The lowest BCUT2D eigenvalue weighted by atomic mass is 9.98. The molecule has 0 amide bonds. The Labute approximate surface area is 132 Å². The molecule has 0 spiro atoms. The third kappa shape index (κ3) is 3.98. The van der Waals surface area contributed by atoms with Crippen LogP contribution in [-0.2, 0) is 6.42 Å². The summed E-state index contributed by atoms with van der Waals surface area (Å²) in [6.45, 7) is 0. The fraction of sp³-hybridized carbons (Fsp3) is 0.143. The van der Waals surface area contributed by atoms with Gasteiger partial charge in [0.25, 0.3) is 0 Å². The highest BCUT2D eigenvalue weighted by atomic mass is 14.9. The fourth-order valence-corrected chi connectivity index (χ4v) is 2.70. The maximum absolute atomic E-state index is 3.67. The van der Waals surface area contributed by atoms with E-state index in [0.29, 0.717) is 6.04 Å². The van der Waals surface area contributed by atoms with Gasteiger partial charge in [-0.25, -0.2) is 0 Å². The van der Waals surface area contributed by atoms with E-state index in [1.54, 1.807) is 0 Å². The van der Waals surface area contributed by atoms with Crippen molar-refractivity contribution < 1.29 is 0 Å². The second-order valence-electron chi connectivity index (χ2n) is 5.50. The maximum Gasteiger partial charge on any atom is 0.0517 e. The fourth-order valence-electron chi connectivity index (χ4n) is 2.70. The summed E-state index contributed by atoms with van der Waals surface area (Å²) in [4.78, 5) is 0. The predicted octanol–water partition coefficient (Wildman–Crippen LogP) is 5.47. The van der Waals surface area contributed by atoms with Crippen LogP contribution in [0.3, 0.4) is 0 Å². The van der Waals surface area contributed by atoms with E-state index in [9.17, 15) is 0 Å². The monoisotopic (exact) mass is 287 g/mol. The van der Waals surface area contributed by atoms with Gasteiger partial charge in [0, 0.05) is 5.69 Å². The molecule has 3 rings (SSSR count). The molecule has 110 valence electrons. The third-order valence-electron chi connectivity index (χ3n) is 3.88. The lowest BCUT2D eigenvalue weighted by molar-refractivity contribution is 0.693. The Morgan fingerprint density at radius 2 is 1.18 bits per heavy atom. The van der Waals surface area contributed by atoms with Crippen molar-refractivity contribution in [3.05, 3.63) is 102 Å². The van der Waals surface area contributed by atoms with Crippen molar-refractivity contribution in [2.75, 3.05) is 5.32 Å². The Balaban J connectivity index is 1.74. The van der Waals surface area contributed by atoms with E-state index in [1.807, 2.05) is 6.07 Å². The van der Waals surface area contributed by atoms with Crippen LogP contribution in [0, 0.1) is 0 Å². The van der Waals surface area contributed by atoms with Crippen LogP contribution in [0.5, 0.6) is 0 Å². The van der Waals surface area contributed by atoms with E-state index in [-0.39, 0.29) is 0 Å². The molecular formula is C21H21N. The first-order chi connectivity index (χ1) is 10.9. The van der Waals surface area contributed by atoms with Crippen molar-refractivity contribution in [1.29, 1.82) is 0 Å². The van der Waals surface area contributed by atoms with E-state index in [0.717, 1.165) is 12.8 Å². The van der Waals surface area contributed by atoms with Gasteiger partial charge in [0.1, 0.15) is 0 Å². The highest BCUT2D eigenvalue weighted by Crippen LogP contribution is 2.24. The van der Waals surface area contributed by atoms with Crippen molar-refractivity contribution in [2.45, 2.75) is 18.9 Å². The minimum atomic E-state index is 0.323. The molecule has 0 heterocycles.